The molecule has 0 aromatic rings. The van der Waals surface area contributed by atoms with Gasteiger partial charge in [-0.15, -0.1) is 6.58 Å². The summed E-state index contributed by atoms with van der Waals surface area (Å²) in [5, 5.41) is 0. The van der Waals surface area contributed by atoms with Crippen LogP contribution in [0.1, 0.15) is 33.1 Å². The summed E-state index contributed by atoms with van der Waals surface area (Å²) in [6, 6.07) is 0. The lowest BCUT2D eigenvalue weighted by molar-refractivity contribution is -0.128. The Morgan fingerprint density at radius 1 is 1.62 bits per heavy atom. The van der Waals surface area contributed by atoms with Gasteiger partial charge in [0.25, 0.3) is 0 Å². The first-order chi connectivity index (χ1) is 7.53. The van der Waals surface area contributed by atoms with Crippen molar-refractivity contribution >= 4 is 5.78 Å². The quantitative estimate of drug-likeness (QED) is 0.515. The molecule has 1 aliphatic rings. The SMILES string of the molecule is C=CCOCC(=O)CC1CCC(C)(C)OC1. The fraction of sp³-hybridized carbons (Fsp3) is 0.769. The summed E-state index contributed by atoms with van der Waals surface area (Å²) in [6.45, 7) is 9.06. The molecule has 0 saturated carbocycles. The molecule has 0 radical (unpaired) electrons. The monoisotopic (exact) mass is 226 g/mol. The molecule has 0 aromatic carbocycles. The van der Waals surface area contributed by atoms with Crippen LogP contribution < -0.4 is 0 Å². The fourth-order valence-electron chi connectivity index (χ4n) is 1.85. The molecule has 1 heterocycles. The zero-order chi connectivity index (χ0) is 12.0. The lowest BCUT2D eigenvalue weighted by Gasteiger charge is -2.34. The Bertz CT molecular complexity index is 236. The highest BCUT2D eigenvalue weighted by atomic mass is 16.5. The van der Waals surface area contributed by atoms with E-state index in [1.54, 1.807) is 6.08 Å². The van der Waals surface area contributed by atoms with Crippen LogP contribution in [0, 0.1) is 5.92 Å². The van der Waals surface area contributed by atoms with Gasteiger partial charge >= 0.3 is 0 Å². The van der Waals surface area contributed by atoms with Gasteiger partial charge in [-0.2, -0.15) is 0 Å². The molecule has 1 fully saturated rings. The fourth-order valence-corrected chi connectivity index (χ4v) is 1.85. The second-order valence-electron chi connectivity index (χ2n) is 5.02. The molecule has 0 spiro atoms. The molecule has 1 atom stereocenters. The van der Waals surface area contributed by atoms with E-state index in [-0.39, 0.29) is 18.0 Å². The van der Waals surface area contributed by atoms with Gasteiger partial charge in [-0.3, -0.25) is 4.79 Å². The van der Waals surface area contributed by atoms with E-state index in [9.17, 15) is 4.79 Å². The zero-order valence-corrected chi connectivity index (χ0v) is 10.3. The van der Waals surface area contributed by atoms with Crippen molar-refractivity contribution in [3.05, 3.63) is 12.7 Å². The molecule has 3 heteroatoms. The number of Topliss-reactive ketones (excluding diaryl/α,β-unsaturated/α-hetero) is 1. The molecule has 1 saturated heterocycles. The number of carbonyl (C=O) groups excluding carboxylic acids is 1. The molecular formula is C13H22O3. The Hall–Kier alpha value is -0.670. The van der Waals surface area contributed by atoms with E-state index < -0.39 is 0 Å². The maximum atomic E-state index is 11.5. The first kappa shape index (κ1) is 13.4. The van der Waals surface area contributed by atoms with Crippen molar-refractivity contribution in [2.24, 2.45) is 5.92 Å². The van der Waals surface area contributed by atoms with Crippen LogP contribution in [-0.2, 0) is 14.3 Å². The van der Waals surface area contributed by atoms with Gasteiger partial charge in [0.1, 0.15) is 6.61 Å². The number of ether oxygens (including phenoxy) is 2. The average molecular weight is 226 g/mol. The maximum Gasteiger partial charge on any atom is 0.158 e. The van der Waals surface area contributed by atoms with Crippen LogP contribution in [-0.4, -0.2) is 31.2 Å². The molecule has 3 nitrogen and oxygen atoms in total. The molecule has 1 unspecified atom stereocenters. The molecular weight excluding hydrogens is 204 g/mol. The van der Waals surface area contributed by atoms with Crippen molar-refractivity contribution in [1.82, 2.24) is 0 Å². The van der Waals surface area contributed by atoms with Crippen molar-refractivity contribution in [3.8, 4) is 0 Å². The normalized spacial score (nSPS) is 24.0. The first-order valence-corrected chi connectivity index (χ1v) is 5.88. The Morgan fingerprint density at radius 2 is 2.38 bits per heavy atom. The van der Waals surface area contributed by atoms with Gasteiger partial charge in [0.2, 0.25) is 0 Å². The van der Waals surface area contributed by atoms with E-state index in [1.807, 2.05) is 0 Å². The standard InChI is InChI=1S/C13H22O3/c1-4-7-15-10-12(14)8-11-5-6-13(2,3)16-9-11/h4,11H,1,5-10H2,2-3H3. The number of carbonyl (C=O) groups is 1. The maximum absolute atomic E-state index is 11.5. The highest BCUT2D eigenvalue weighted by Crippen LogP contribution is 2.28. The third kappa shape index (κ3) is 4.90. The molecule has 16 heavy (non-hydrogen) atoms. The van der Waals surface area contributed by atoms with E-state index in [0.717, 1.165) is 12.8 Å². The van der Waals surface area contributed by atoms with Gasteiger partial charge in [-0.25, -0.2) is 0 Å². The first-order valence-electron chi connectivity index (χ1n) is 5.88. The third-order valence-electron chi connectivity index (χ3n) is 2.88. The van der Waals surface area contributed by atoms with Gasteiger partial charge in [0, 0.05) is 6.42 Å². The van der Waals surface area contributed by atoms with Gasteiger partial charge in [0.15, 0.2) is 5.78 Å². The summed E-state index contributed by atoms with van der Waals surface area (Å²) < 4.78 is 10.8. The summed E-state index contributed by atoms with van der Waals surface area (Å²) in [7, 11) is 0. The highest BCUT2D eigenvalue weighted by molar-refractivity contribution is 5.79. The van der Waals surface area contributed by atoms with Gasteiger partial charge < -0.3 is 9.47 Å². The van der Waals surface area contributed by atoms with Crippen molar-refractivity contribution < 1.29 is 14.3 Å². The minimum Gasteiger partial charge on any atom is -0.375 e. The zero-order valence-electron chi connectivity index (χ0n) is 10.3. The second kappa shape index (κ2) is 6.16. The Morgan fingerprint density at radius 3 is 2.94 bits per heavy atom. The molecule has 0 aliphatic carbocycles. The van der Waals surface area contributed by atoms with E-state index >= 15 is 0 Å². The number of rotatable bonds is 6. The van der Waals surface area contributed by atoms with Crippen molar-refractivity contribution in [2.75, 3.05) is 19.8 Å². The van der Waals surface area contributed by atoms with Crippen LogP contribution in [0.5, 0.6) is 0 Å². The van der Waals surface area contributed by atoms with Crippen molar-refractivity contribution in [2.45, 2.75) is 38.7 Å². The van der Waals surface area contributed by atoms with Crippen LogP contribution in [0.4, 0.5) is 0 Å². The predicted octanol–water partition coefficient (Wildman–Crippen LogP) is 2.35. The van der Waals surface area contributed by atoms with Gasteiger partial charge in [0.05, 0.1) is 18.8 Å². The lowest BCUT2D eigenvalue weighted by Crippen LogP contribution is -2.34. The number of hydrogen-bond acceptors (Lipinski definition) is 3. The van der Waals surface area contributed by atoms with Crippen LogP contribution in [0.3, 0.4) is 0 Å². The second-order valence-corrected chi connectivity index (χ2v) is 5.02. The van der Waals surface area contributed by atoms with Crippen molar-refractivity contribution in [1.29, 1.82) is 0 Å². The molecule has 0 N–H and O–H groups in total. The third-order valence-corrected chi connectivity index (χ3v) is 2.88. The van der Waals surface area contributed by atoms with E-state index in [2.05, 4.69) is 20.4 Å². The summed E-state index contributed by atoms with van der Waals surface area (Å²) >= 11 is 0. The molecule has 92 valence electrons. The molecule has 1 rings (SSSR count). The Kier molecular flexibility index (Phi) is 5.16. The van der Waals surface area contributed by atoms with Gasteiger partial charge in [-0.05, 0) is 32.6 Å². The van der Waals surface area contributed by atoms with Crippen LogP contribution >= 0.6 is 0 Å². The Balaban J connectivity index is 2.18. The van der Waals surface area contributed by atoms with Crippen LogP contribution in [0.25, 0.3) is 0 Å². The molecule has 0 aromatic heterocycles. The molecule has 1 aliphatic heterocycles. The Labute approximate surface area is 97.8 Å². The number of ketones is 1. The van der Waals surface area contributed by atoms with Gasteiger partial charge in [-0.1, -0.05) is 6.08 Å². The van der Waals surface area contributed by atoms with E-state index in [0.29, 0.717) is 25.6 Å². The average Bonchev–Trinajstić information content (AvgIpc) is 2.22. The summed E-state index contributed by atoms with van der Waals surface area (Å²) in [5.74, 6) is 0.531. The highest BCUT2D eigenvalue weighted by Gasteiger charge is 2.28. The van der Waals surface area contributed by atoms with E-state index in [1.165, 1.54) is 0 Å². The molecule has 0 bridgehead atoms. The number of hydrogen-bond donors (Lipinski definition) is 0. The summed E-state index contributed by atoms with van der Waals surface area (Å²) in [5.41, 5.74) is -0.0150. The predicted molar refractivity (Wildman–Crippen MR) is 63.4 cm³/mol. The van der Waals surface area contributed by atoms with Crippen LogP contribution in [0.2, 0.25) is 0 Å². The molecule has 0 amide bonds. The minimum absolute atomic E-state index is 0.0150. The lowest BCUT2D eigenvalue weighted by atomic mass is 9.89. The topological polar surface area (TPSA) is 35.5 Å². The van der Waals surface area contributed by atoms with Crippen molar-refractivity contribution in [3.63, 3.8) is 0 Å². The summed E-state index contributed by atoms with van der Waals surface area (Å²) in [4.78, 5) is 11.5. The van der Waals surface area contributed by atoms with Crippen LogP contribution in [0.15, 0.2) is 12.7 Å². The van der Waals surface area contributed by atoms with E-state index in [4.69, 9.17) is 9.47 Å². The smallest absolute Gasteiger partial charge is 0.158 e. The minimum atomic E-state index is -0.0150. The summed E-state index contributed by atoms with van der Waals surface area (Å²) in [6.07, 6.45) is 4.32. The largest absolute Gasteiger partial charge is 0.375 e.